The van der Waals surface area contributed by atoms with Gasteiger partial charge in [0.05, 0.1) is 13.3 Å². The Bertz CT molecular complexity index is 75.9. The molecule has 0 radical (unpaired) electrons. The van der Waals surface area contributed by atoms with Crippen LogP contribution in [0.15, 0.2) is 0 Å². The molecule has 7 heavy (non-hydrogen) atoms. The van der Waals surface area contributed by atoms with Gasteiger partial charge in [-0.15, -0.1) is 5.92 Å². The molecule has 0 spiro atoms. The molecule has 0 rings (SSSR count). The van der Waals surface area contributed by atoms with Crippen LogP contribution in [-0.4, -0.2) is 0 Å². The van der Waals surface area contributed by atoms with Crippen LogP contribution in [-0.2, 0) is 0 Å². The Hall–Kier alpha value is -0.770. The molecule has 0 saturated heterocycles. The van der Waals surface area contributed by atoms with Gasteiger partial charge in [0.1, 0.15) is 0 Å². The van der Waals surface area contributed by atoms with Crippen LogP contribution in [0, 0.1) is 19.0 Å². The molecule has 0 saturated carbocycles. The van der Waals surface area contributed by atoms with Crippen molar-refractivity contribution in [3.8, 4) is 12.0 Å². The van der Waals surface area contributed by atoms with Gasteiger partial charge >= 0.3 is 0 Å². The summed E-state index contributed by atoms with van der Waals surface area (Å²) in [5.74, 6) is 2.40. The summed E-state index contributed by atoms with van der Waals surface area (Å²) in [5.41, 5.74) is 0. The molecule has 0 heterocycles. The third-order valence-corrected chi connectivity index (χ3v) is 0.624. The van der Waals surface area contributed by atoms with Gasteiger partial charge in [0.2, 0.25) is 0 Å². The monoisotopic (exact) mass is 96.1 g/mol. The summed E-state index contributed by atoms with van der Waals surface area (Å²) in [6.45, 7) is 3.59. The van der Waals surface area contributed by atoms with Crippen LogP contribution in [0.25, 0.3) is 0 Å². The average molecular weight is 96.1 g/mol. The standard InChI is InChI=1S/C6H8O/c1-2-3-4-5-6-7/h1-4H2. The number of hydrogen-bond acceptors (Lipinski definition) is 1. The van der Waals surface area contributed by atoms with Crippen molar-refractivity contribution in [2.24, 2.45) is 0 Å². The third-order valence-electron chi connectivity index (χ3n) is 0.624. The molecule has 0 unspecified atom stereocenters. The van der Waals surface area contributed by atoms with Crippen molar-refractivity contribution >= 4 is 0 Å². The maximum absolute atomic E-state index is 9.42. The molecular weight excluding hydrogens is 88.1 g/mol. The van der Waals surface area contributed by atoms with Gasteiger partial charge < -0.3 is 5.11 Å². The minimum absolute atomic E-state index is 0.701. The second-order valence-corrected chi connectivity index (χ2v) is 1.24. The molecule has 38 valence electrons. The molecule has 1 nitrogen and oxygen atoms in total. The Labute approximate surface area is 44.4 Å². The summed E-state index contributed by atoms with van der Waals surface area (Å²) >= 11 is 0. The van der Waals surface area contributed by atoms with E-state index in [4.69, 9.17) is 0 Å². The fourth-order valence-electron chi connectivity index (χ4n) is 0.264. The molecule has 0 aromatic heterocycles. The van der Waals surface area contributed by atoms with E-state index >= 15 is 0 Å². The Balaban J connectivity index is 2.78. The van der Waals surface area contributed by atoms with E-state index in [9.17, 15) is 5.11 Å². The lowest BCUT2D eigenvalue weighted by Gasteiger charge is -1.80. The highest BCUT2D eigenvalue weighted by Crippen LogP contribution is 1.88. The molecular formula is C6H8O. The van der Waals surface area contributed by atoms with Crippen LogP contribution in [0.4, 0.5) is 0 Å². The molecule has 0 aromatic rings. The predicted octanol–water partition coefficient (Wildman–Crippen LogP) is 0.312. The van der Waals surface area contributed by atoms with Crippen molar-refractivity contribution in [2.45, 2.75) is 19.3 Å². The van der Waals surface area contributed by atoms with E-state index in [1.165, 1.54) is 0 Å². The van der Waals surface area contributed by atoms with Crippen molar-refractivity contribution < 1.29 is 5.11 Å². The van der Waals surface area contributed by atoms with Gasteiger partial charge in [0.15, 0.2) is 0 Å². The molecule has 0 amide bonds. The summed E-state index contributed by atoms with van der Waals surface area (Å²) < 4.78 is 0. The van der Waals surface area contributed by atoms with E-state index < -0.39 is 0 Å². The minimum atomic E-state index is 0.701. The van der Waals surface area contributed by atoms with Crippen molar-refractivity contribution in [2.75, 3.05) is 0 Å². The first-order chi connectivity index (χ1) is 3.41. The van der Waals surface area contributed by atoms with Crippen LogP contribution in [0.3, 0.4) is 0 Å². The SMILES string of the molecule is [CH2+]CCCC#C[O-]. The molecule has 0 bridgehead atoms. The molecule has 0 fully saturated rings. The Morgan fingerprint density at radius 3 is 2.71 bits per heavy atom. The van der Waals surface area contributed by atoms with E-state index in [0.29, 0.717) is 6.42 Å². The van der Waals surface area contributed by atoms with Crippen LogP contribution in [0.1, 0.15) is 19.3 Å². The van der Waals surface area contributed by atoms with E-state index in [2.05, 4.69) is 12.8 Å². The second-order valence-electron chi connectivity index (χ2n) is 1.24. The Morgan fingerprint density at radius 2 is 2.29 bits per heavy atom. The lowest BCUT2D eigenvalue weighted by atomic mass is 10.3. The van der Waals surface area contributed by atoms with Crippen LogP contribution in [0.5, 0.6) is 0 Å². The third kappa shape index (κ3) is 5.23. The van der Waals surface area contributed by atoms with Crippen LogP contribution < -0.4 is 5.11 Å². The maximum atomic E-state index is 9.42. The van der Waals surface area contributed by atoms with Crippen LogP contribution in [0.2, 0.25) is 0 Å². The smallest absolute Gasteiger partial charge is 0.0859 e. The van der Waals surface area contributed by atoms with E-state index in [1.807, 2.05) is 0 Å². The summed E-state index contributed by atoms with van der Waals surface area (Å²) in [5, 5.41) is 9.42. The molecule has 0 aliphatic carbocycles. The molecule has 0 atom stereocenters. The van der Waals surface area contributed by atoms with E-state index in [0.717, 1.165) is 12.8 Å². The molecule has 1 heteroatoms. The largest absolute Gasteiger partial charge is 0.833 e. The Morgan fingerprint density at radius 1 is 1.57 bits per heavy atom. The first-order valence-corrected chi connectivity index (χ1v) is 2.31. The van der Waals surface area contributed by atoms with Gasteiger partial charge in [-0.05, 0) is 6.42 Å². The molecule has 0 N–H and O–H groups in total. The predicted molar refractivity (Wildman–Crippen MR) is 27.0 cm³/mol. The summed E-state index contributed by atoms with van der Waals surface area (Å²) in [4.78, 5) is 0. The van der Waals surface area contributed by atoms with Crippen LogP contribution >= 0.6 is 0 Å². The molecule has 0 aromatic carbocycles. The zero-order valence-electron chi connectivity index (χ0n) is 4.24. The highest BCUT2D eigenvalue weighted by molar-refractivity contribution is 4.87. The van der Waals surface area contributed by atoms with Gasteiger partial charge in [-0.3, -0.25) is 0 Å². The highest BCUT2D eigenvalue weighted by Gasteiger charge is 1.77. The quantitative estimate of drug-likeness (QED) is 0.275. The van der Waals surface area contributed by atoms with E-state index in [1.54, 1.807) is 6.11 Å². The second kappa shape index (κ2) is 5.23. The fourth-order valence-corrected chi connectivity index (χ4v) is 0.264. The minimum Gasteiger partial charge on any atom is -0.833 e. The summed E-state index contributed by atoms with van der Waals surface area (Å²) in [6, 6.07) is 0. The zero-order chi connectivity index (χ0) is 5.54. The lowest BCUT2D eigenvalue weighted by Crippen LogP contribution is -1.84. The zero-order valence-corrected chi connectivity index (χ0v) is 4.24. The van der Waals surface area contributed by atoms with Crippen molar-refractivity contribution in [3.05, 3.63) is 6.92 Å². The number of rotatable bonds is 2. The first kappa shape index (κ1) is 6.23. The summed E-state index contributed by atoms with van der Waals surface area (Å²) in [6.07, 6.45) is 4.09. The Kier molecular flexibility index (Phi) is 4.65. The van der Waals surface area contributed by atoms with E-state index in [-0.39, 0.29) is 0 Å². The van der Waals surface area contributed by atoms with Gasteiger partial charge in [-0.1, -0.05) is 0 Å². The molecule has 0 aliphatic rings. The van der Waals surface area contributed by atoms with Crippen molar-refractivity contribution in [1.82, 2.24) is 0 Å². The van der Waals surface area contributed by atoms with Gasteiger partial charge in [-0.2, -0.15) is 6.11 Å². The van der Waals surface area contributed by atoms with Gasteiger partial charge in [0, 0.05) is 6.42 Å². The first-order valence-electron chi connectivity index (χ1n) is 2.31. The summed E-state index contributed by atoms with van der Waals surface area (Å²) in [7, 11) is 0. The topological polar surface area (TPSA) is 23.1 Å². The normalized spacial score (nSPS) is 6.86. The fraction of sp³-hybridized carbons (Fsp3) is 0.500. The van der Waals surface area contributed by atoms with Crippen molar-refractivity contribution in [1.29, 1.82) is 0 Å². The molecule has 0 aliphatic heterocycles. The highest BCUT2D eigenvalue weighted by atomic mass is 16.2. The average Bonchev–Trinajstić information content (AvgIpc) is 1.69. The van der Waals surface area contributed by atoms with Crippen molar-refractivity contribution in [3.63, 3.8) is 0 Å². The van der Waals surface area contributed by atoms with Gasteiger partial charge in [-0.25, -0.2) is 0 Å². The number of unbranched alkanes of at least 4 members (excludes halogenated alkanes) is 2. The lowest BCUT2D eigenvalue weighted by molar-refractivity contribution is -0.247. The van der Waals surface area contributed by atoms with Gasteiger partial charge in [0.25, 0.3) is 0 Å². The number of hydrogen-bond donors (Lipinski definition) is 0. The maximum Gasteiger partial charge on any atom is 0.0859 e.